The van der Waals surface area contributed by atoms with E-state index in [2.05, 4.69) is 0 Å². The first-order chi connectivity index (χ1) is 10.4. The lowest BCUT2D eigenvalue weighted by atomic mass is 9.91. The van der Waals surface area contributed by atoms with E-state index in [1.807, 2.05) is 19.9 Å². The second-order valence-electron chi connectivity index (χ2n) is 5.89. The zero-order chi connectivity index (χ0) is 16.3. The second-order valence-corrected chi connectivity index (χ2v) is 6.71. The smallest absolute Gasteiger partial charge is 0.309 e. The summed E-state index contributed by atoms with van der Waals surface area (Å²) >= 11 is 11.8. The van der Waals surface area contributed by atoms with Gasteiger partial charge in [-0.3, -0.25) is 4.79 Å². The summed E-state index contributed by atoms with van der Waals surface area (Å²) in [4.78, 5) is 11.7. The predicted octanol–water partition coefficient (Wildman–Crippen LogP) is 3.46. The highest BCUT2D eigenvalue weighted by Gasteiger charge is 2.39. The number of carbonyl (C=O) groups excluding carboxylic acids is 1. The Balaban J connectivity index is 1.79. The van der Waals surface area contributed by atoms with Crippen LogP contribution in [-0.4, -0.2) is 29.9 Å². The Morgan fingerprint density at radius 2 is 2.09 bits per heavy atom. The van der Waals surface area contributed by atoms with Crippen molar-refractivity contribution in [3.63, 3.8) is 0 Å². The monoisotopic (exact) mass is 346 g/mol. The number of esters is 1. The summed E-state index contributed by atoms with van der Waals surface area (Å²) in [5, 5.41) is 11.0. The maximum absolute atomic E-state index is 11.7. The molecule has 2 rings (SSSR count). The third kappa shape index (κ3) is 4.35. The number of aliphatic hydroxyl groups is 1. The molecule has 1 saturated heterocycles. The van der Waals surface area contributed by atoms with E-state index in [9.17, 15) is 9.90 Å². The molecule has 4 nitrogen and oxygen atoms in total. The van der Waals surface area contributed by atoms with Gasteiger partial charge in [0.1, 0.15) is 12.2 Å². The number of aliphatic hydroxyl groups excluding tert-OH is 1. The van der Waals surface area contributed by atoms with Gasteiger partial charge >= 0.3 is 5.97 Å². The molecule has 0 bridgehead atoms. The Morgan fingerprint density at radius 1 is 1.36 bits per heavy atom. The molecule has 1 heterocycles. The van der Waals surface area contributed by atoms with Crippen molar-refractivity contribution in [3.8, 4) is 0 Å². The molecule has 122 valence electrons. The molecule has 1 aromatic rings. The number of cyclic esters (lactones) is 1. The summed E-state index contributed by atoms with van der Waals surface area (Å²) in [7, 11) is 0. The maximum atomic E-state index is 11.7. The van der Waals surface area contributed by atoms with E-state index < -0.39 is 12.2 Å². The van der Waals surface area contributed by atoms with Gasteiger partial charge in [-0.25, -0.2) is 0 Å². The fourth-order valence-corrected chi connectivity index (χ4v) is 2.77. The average Bonchev–Trinajstić information content (AvgIpc) is 2.85. The fourth-order valence-electron chi connectivity index (χ4n) is 2.45. The molecule has 1 aromatic carbocycles. The second kappa shape index (κ2) is 7.64. The molecule has 0 spiro atoms. The number of benzene rings is 1. The van der Waals surface area contributed by atoms with Gasteiger partial charge in [-0.05, 0) is 23.6 Å². The third-order valence-corrected chi connectivity index (χ3v) is 4.57. The van der Waals surface area contributed by atoms with E-state index in [0.29, 0.717) is 23.1 Å². The number of hydrogen-bond donors (Lipinski definition) is 1. The Labute approximate surface area is 140 Å². The van der Waals surface area contributed by atoms with E-state index in [1.165, 1.54) is 0 Å². The van der Waals surface area contributed by atoms with Gasteiger partial charge in [0.15, 0.2) is 0 Å². The van der Waals surface area contributed by atoms with Gasteiger partial charge in [-0.15, -0.1) is 0 Å². The quantitative estimate of drug-likeness (QED) is 0.801. The molecule has 0 aromatic heterocycles. The predicted molar refractivity (Wildman–Crippen MR) is 84.9 cm³/mol. The molecule has 0 saturated carbocycles. The van der Waals surface area contributed by atoms with E-state index in [1.54, 1.807) is 12.1 Å². The Bertz CT molecular complexity index is 533. The molecular weight excluding hydrogens is 327 g/mol. The standard InChI is InChI=1S/C16H20Cl2O4/c1-9(2)11-6-15(22-16(11)20)14(19)8-21-7-10-3-4-12(17)13(18)5-10/h3-5,9,11,14-15,19H,6-8H2,1-2H3/t11-,14+,15-/m0/s1. The van der Waals surface area contributed by atoms with Gasteiger partial charge in [-0.1, -0.05) is 43.1 Å². The molecule has 0 amide bonds. The van der Waals surface area contributed by atoms with Crippen LogP contribution in [0.15, 0.2) is 18.2 Å². The van der Waals surface area contributed by atoms with Crippen LogP contribution in [0.3, 0.4) is 0 Å². The SMILES string of the molecule is CC(C)[C@@H]1C[C@@H]([C@H](O)COCc2ccc(Cl)c(Cl)c2)OC1=O. The number of halogens is 2. The van der Waals surface area contributed by atoms with Crippen molar-refractivity contribution in [3.05, 3.63) is 33.8 Å². The highest BCUT2D eigenvalue weighted by atomic mass is 35.5. The minimum absolute atomic E-state index is 0.100. The average molecular weight is 347 g/mol. The zero-order valence-corrected chi connectivity index (χ0v) is 14.1. The number of carbonyl (C=O) groups is 1. The molecule has 0 unspecified atom stereocenters. The van der Waals surface area contributed by atoms with Gasteiger partial charge in [-0.2, -0.15) is 0 Å². The van der Waals surface area contributed by atoms with Crippen molar-refractivity contribution in [2.24, 2.45) is 11.8 Å². The van der Waals surface area contributed by atoms with E-state index >= 15 is 0 Å². The number of hydrogen-bond acceptors (Lipinski definition) is 4. The van der Waals surface area contributed by atoms with Gasteiger partial charge in [0.25, 0.3) is 0 Å². The molecule has 0 aliphatic carbocycles. The highest BCUT2D eigenvalue weighted by Crippen LogP contribution is 2.29. The van der Waals surface area contributed by atoms with Crippen molar-refractivity contribution in [2.75, 3.05) is 6.61 Å². The summed E-state index contributed by atoms with van der Waals surface area (Å²) in [5.41, 5.74) is 0.866. The topological polar surface area (TPSA) is 55.8 Å². The summed E-state index contributed by atoms with van der Waals surface area (Å²) in [6.45, 7) is 4.36. The minimum atomic E-state index is -0.824. The lowest BCUT2D eigenvalue weighted by Crippen LogP contribution is -2.30. The Hall–Kier alpha value is -0.810. The molecule has 22 heavy (non-hydrogen) atoms. The number of rotatable bonds is 6. The van der Waals surface area contributed by atoms with Crippen LogP contribution < -0.4 is 0 Å². The summed E-state index contributed by atoms with van der Waals surface area (Å²) in [6, 6.07) is 5.23. The van der Waals surface area contributed by atoms with E-state index in [0.717, 1.165) is 5.56 Å². The van der Waals surface area contributed by atoms with Crippen LogP contribution in [0, 0.1) is 11.8 Å². The summed E-state index contributed by atoms with van der Waals surface area (Å²) in [5.74, 6) is -0.167. The van der Waals surface area contributed by atoms with Crippen LogP contribution in [-0.2, 0) is 20.9 Å². The van der Waals surface area contributed by atoms with Crippen LogP contribution in [0.1, 0.15) is 25.8 Å². The third-order valence-electron chi connectivity index (χ3n) is 3.83. The first-order valence-electron chi connectivity index (χ1n) is 7.28. The van der Waals surface area contributed by atoms with Crippen molar-refractivity contribution in [1.82, 2.24) is 0 Å². The molecule has 3 atom stereocenters. The lowest BCUT2D eigenvalue weighted by Gasteiger charge is -2.17. The maximum Gasteiger partial charge on any atom is 0.309 e. The zero-order valence-electron chi connectivity index (χ0n) is 12.6. The molecule has 1 aliphatic rings. The van der Waals surface area contributed by atoms with Crippen LogP contribution in [0.5, 0.6) is 0 Å². The van der Waals surface area contributed by atoms with Crippen LogP contribution in [0.25, 0.3) is 0 Å². The number of ether oxygens (including phenoxy) is 2. The lowest BCUT2D eigenvalue weighted by molar-refractivity contribution is -0.150. The van der Waals surface area contributed by atoms with E-state index in [4.69, 9.17) is 32.7 Å². The molecule has 1 aliphatic heterocycles. The van der Waals surface area contributed by atoms with Crippen molar-refractivity contribution < 1.29 is 19.4 Å². The van der Waals surface area contributed by atoms with Crippen molar-refractivity contribution in [2.45, 2.75) is 39.1 Å². The van der Waals surface area contributed by atoms with Crippen LogP contribution in [0.2, 0.25) is 10.0 Å². The Morgan fingerprint density at radius 3 is 2.68 bits per heavy atom. The fraction of sp³-hybridized carbons (Fsp3) is 0.562. The largest absolute Gasteiger partial charge is 0.459 e. The van der Waals surface area contributed by atoms with Gasteiger partial charge in [0.05, 0.1) is 29.2 Å². The van der Waals surface area contributed by atoms with Crippen molar-refractivity contribution in [1.29, 1.82) is 0 Å². The molecule has 0 radical (unpaired) electrons. The minimum Gasteiger partial charge on any atom is -0.459 e. The van der Waals surface area contributed by atoms with E-state index in [-0.39, 0.29) is 24.4 Å². The first-order valence-corrected chi connectivity index (χ1v) is 8.04. The van der Waals surface area contributed by atoms with Crippen molar-refractivity contribution >= 4 is 29.2 Å². The molecular formula is C16H20Cl2O4. The Kier molecular flexibility index (Phi) is 6.09. The van der Waals surface area contributed by atoms with Crippen LogP contribution in [0.4, 0.5) is 0 Å². The highest BCUT2D eigenvalue weighted by molar-refractivity contribution is 6.42. The van der Waals surface area contributed by atoms with Gasteiger partial charge in [0, 0.05) is 6.42 Å². The molecule has 1 N–H and O–H groups in total. The first kappa shape index (κ1) is 17.5. The molecule has 1 fully saturated rings. The summed E-state index contributed by atoms with van der Waals surface area (Å²) < 4.78 is 10.7. The van der Waals surface area contributed by atoms with Gasteiger partial charge < -0.3 is 14.6 Å². The van der Waals surface area contributed by atoms with Crippen LogP contribution >= 0.6 is 23.2 Å². The molecule has 6 heteroatoms. The van der Waals surface area contributed by atoms with Gasteiger partial charge in [0.2, 0.25) is 0 Å². The normalized spacial score (nSPS) is 22.9. The summed E-state index contributed by atoms with van der Waals surface area (Å²) in [6.07, 6.45) is -0.780.